The zero-order valence-corrected chi connectivity index (χ0v) is 22.2. The minimum atomic E-state index is -2.96. The van der Waals surface area contributed by atoms with Crippen LogP contribution in [0.5, 0.6) is 0 Å². The summed E-state index contributed by atoms with van der Waals surface area (Å²) in [4.78, 5) is 18.5. The van der Waals surface area contributed by atoms with Crippen LogP contribution in [0.4, 0.5) is 5.69 Å². The number of aromatic nitrogens is 2. The van der Waals surface area contributed by atoms with E-state index in [-0.39, 0.29) is 16.9 Å². The lowest BCUT2D eigenvalue weighted by Crippen LogP contribution is -2.36. The first-order valence-corrected chi connectivity index (χ1v) is 14.6. The molecule has 4 rings (SSSR count). The number of sulfone groups is 1. The van der Waals surface area contributed by atoms with Crippen molar-refractivity contribution in [2.45, 2.75) is 51.9 Å². The molecule has 8 nitrogen and oxygen atoms in total. The highest BCUT2D eigenvalue weighted by molar-refractivity contribution is 7.90. The maximum absolute atomic E-state index is 12.2. The zero-order chi connectivity index (χ0) is 25.9. The van der Waals surface area contributed by atoms with E-state index in [0.29, 0.717) is 12.5 Å². The van der Waals surface area contributed by atoms with Gasteiger partial charge in [-0.05, 0) is 79.8 Å². The first-order chi connectivity index (χ1) is 17.1. The fourth-order valence-corrected chi connectivity index (χ4v) is 5.69. The van der Waals surface area contributed by atoms with Crippen LogP contribution in [-0.2, 0) is 14.6 Å². The molecule has 1 aromatic heterocycles. The first kappa shape index (κ1) is 26.1. The molecule has 192 valence electrons. The number of nitriles is 1. The Hall–Kier alpha value is -2.96. The summed E-state index contributed by atoms with van der Waals surface area (Å²) in [6.45, 7) is 6.90. The van der Waals surface area contributed by atoms with Gasteiger partial charge < -0.3 is 4.90 Å². The number of hydrogen-bond donors (Lipinski definition) is 0. The lowest BCUT2D eigenvalue weighted by atomic mass is 9.76. The van der Waals surface area contributed by atoms with Gasteiger partial charge in [0.05, 0.1) is 17.6 Å². The second-order valence-electron chi connectivity index (χ2n) is 10.8. The number of nitrogens with zero attached hydrogens (tertiary/aromatic N) is 5. The molecule has 0 unspecified atom stereocenters. The number of benzene rings is 1. The molecule has 9 heteroatoms. The van der Waals surface area contributed by atoms with Gasteiger partial charge in [-0.2, -0.15) is 5.26 Å². The number of carbonyl (C=O) groups is 1. The van der Waals surface area contributed by atoms with Gasteiger partial charge in [-0.25, -0.2) is 23.1 Å². The largest absolute Gasteiger partial charge is 0.302 e. The summed E-state index contributed by atoms with van der Waals surface area (Å²) in [7, 11) is -2.96. The minimum absolute atomic E-state index is 0.199. The van der Waals surface area contributed by atoms with E-state index < -0.39 is 9.84 Å². The van der Waals surface area contributed by atoms with Crippen LogP contribution >= 0.6 is 0 Å². The molecular formula is C27H35N5O3S. The third-order valence-corrected chi connectivity index (χ3v) is 8.38. The van der Waals surface area contributed by atoms with Crippen molar-refractivity contribution in [1.82, 2.24) is 14.6 Å². The predicted molar refractivity (Wildman–Crippen MR) is 141 cm³/mol. The van der Waals surface area contributed by atoms with Crippen molar-refractivity contribution < 1.29 is 13.2 Å². The predicted octanol–water partition coefficient (Wildman–Crippen LogP) is 4.00. The molecule has 0 bridgehead atoms. The summed E-state index contributed by atoms with van der Waals surface area (Å²) in [6.07, 6.45) is 12.3. The van der Waals surface area contributed by atoms with Gasteiger partial charge >= 0.3 is 0 Å². The van der Waals surface area contributed by atoms with Crippen LogP contribution in [0, 0.1) is 16.7 Å². The molecule has 2 heterocycles. The molecule has 1 aromatic carbocycles. The molecule has 0 spiro atoms. The molecule has 1 aliphatic heterocycles. The van der Waals surface area contributed by atoms with Gasteiger partial charge in [0.1, 0.15) is 22.2 Å². The van der Waals surface area contributed by atoms with Gasteiger partial charge in [0.2, 0.25) is 6.41 Å². The molecule has 0 N–H and O–H groups in total. The number of anilines is 1. The second kappa shape index (κ2) is 10.6. The smallest absolute Gasteiger partial charge is 0.233 e. The van der Waals surface area contributed by atoms with Crippen molar-refractivity contribution >= 4 is 27.5 Å². The van der Waals surface area contributed by atoms with Crippen molar-refractivity contribution in [2.75, 3.05) is 36.7 Å². The fraction of sp³-hybridized carbons (Fsp3) is 0.519. The normalized spacial score (nSPS) is 18.9. The molecule has 2 aliphatic rings. The Kier molecular flexibility index (Phi) is 7.67. The average Bonchev–Trinajstić information content (AvgIpc) is 3.32. The molecule has 36 heavy (non-hydrogen) atoms. The van der Waals surface area contributed by atoms with Crippen LogP contribution < -0.4 is 5.01 Å². The highest BCUT2D eigenvalue weighted by Crippen LogP contribution is 2.42. The van der Waals surface area contributed by atoms with Crippen LogP contribution in [0.25, 0.3) is 5.57 Å². The maximum Gasteiger partial charge on any atom is 0.233 e. The maximum atomic E-state index is 12.2. The van der Waals surface area contributed by atoms with Crippen molar-refractivity contribution in [3.63, 3.8) is 0 Å². The Bertz CT molecular complexity index is 1280. The van der Waals surface area contributed by atoms with E-state index in [0.717, 1.165) is 62.9 Å². The number of likely N-dealkylation sites (tertiary alicyclic amines) is 1. The van der Waals surface area contributed by atoms with E-state index in [4.69, 9.17) is 0 Å². The third kappa shape index (κ3) is 6.23. The Labute approximate surface area is 214 Å². The molecule has 0 radical (unpaired) electrons. The zero-order valence-electron chi connectivity index (χ0n) is 21.4. The highest BCUT2D eigenvalue weighted by atomic mass is 32.2. The molecule has 2 aromatic rings. The Morgan fingerprint density at radius 2 is 2.03 bits per heavy atom. The van der Waals surface area contributed by atoms with E-state index in [9.17, 15) is 18.5 Å². The Balaban J connectivity index is 1.62. The minimum Gasteiger partial charge on any atom is -0.302 e. The Morgan fingerprint density at radius 3 is 2.61 bits per heavy atom. The molecule has 1 amide bonds. The fourth-order valence-electron chi connectivity index (χ4n) is 5.10. The monoisotopic (exact) mass is 509 g/mol. The average molecular weight is 510 g/mol. The quantitative estimate of drug-likeness (QED) is 0.499. The van der Waals surface area contributed by atoms with Crippen molar-refractivity contribution in [1.29, 1.82) is 5.26 Å². The molecule has 0 atom stereocenters. The van der Waals surface area contributed by atoms with Crippen molar-refractivity contribution in [3.05, 3.63) is 53.6 Å². The Morgan fingerprint density at radius 1 is 1.28 bits per heavy atom. The standard InChI is InChI=1S/C27H35N5O3S/c1-27(2)10-6-22(7-11-27)25-16-23(21-8-12-30(13-9-21)14-15-36(3,34)35)4-5-26(25)32(20-33)31-18-24(17-28)29-19-31/h4-6,16,18-21H,7-15H2,1-3H3. The van der Waals surface area contributed by atoms with E-state index >= 15 is 0 Å². The SMILES string of the molecule is CC1(C)CC=C(c2cc(C3CCN(CCS(C)(=O)=O)CC3)ccc2N(C=O)n2cnc(C#N)c2)CC1. The summed E-state index contributed by atoms with van der Waals surface area (Å²) < 4.78 is 24.6. The number of carbonyl (C=O) groups excluding carboxylic acids is 1. The molecule has 1 saturated heterocycles. The summed E-state index contributed by atoms with van der Waals surface area (Å²) in [5.74, 6) is 0.584. The third-order valence-electron chi connectivity index (χ3n) is 7.46. The number of imidazole rings is 1. The van der Waals surface area contributed by atoms with Crippen LogP contribution in [0.2, 0.25) is 0 Å². The van der Waals surface area contributed by atoms with Gasteiger partial charge in [-0.1, -0.05) is 26.0 Å². The van der Waals surface area contributed by atoms with Gasteiger partial charge in [0.25, 0.3) is 0 Å². The topological polar surface area (TPSA) is 99.3 Å². The molecule has 0 saturated carbocycles. The number of piperidine rings is 1. The molecule has 1 aliphatic carbocycles. The summed E-state index contributed by atoms with van der Waals surface area (Å²) in [6, 6.07) is 8.35. The van der Waals surface area contributed by atoms with Crippen molar-refractivity contribution in [2.24, 2.45) is 5.41 Å². The lowest BCUT2D eigenvalue weighted by molar-refractivity contribution is -0.108. The van der Waals surface area contributed by atoms with Crippen LogP contribution in [-0.4, -0.2) is 61.0 Å². The van der Waals surface area contributed by atoms with E-state index in [2.05, 4.69) is 41.9 Å². The van der Waals surface area contributed by atoms with Gasteiger partial charge in [0, 0.05) is 18.4 Å². The van der Waals surface area contributed by atoms with Gasteiger partial charge in [0.15, 0.2) is 5.69 Å². The highest BCUT2D eigenvalue weighted by Gasteiger charge is 2.27. The second-order valence-corrected chi connectivity index (χ2v) is 13.1. The number of hydrogen-bond acceptors (Lipinski definition) is 6. The van der Waals surface area contributed by atoms with E-state index in [1.807, 2.05) is 12.1 Å². The summed E-state index contributed by atoms with van der Waals surface area (Å²) in [5.41, 5.74) is 4.81. The first-order valence-electron chi connectivity index (χ1n) is 12.5. The van der Waals surface area contributed by atoms with Gasteiger partial charge in [-0.15, -0.1) is 0 Å². The van der Waals surface area contributed by atoms with Crippen LogP contribution in [0.1, 0.15) is 68.7 Å². The lowest BCUT2D eigenvalue weighted by Gasteiger charge is -2.33. The van der Waals surface area contributed by atoms with E-state index in [1.54, 1.807) is 10.9 Å². The molecule has 1 fully saturated rings. The number of rotatable bonds is 8. The number of amides is 1. The van der Waals surface area contributed by atoms with Crippen LogP contribution in [0.15, 0.2) is 36.8 Å². The number of allylic oxidation sites excluding steroid dienone is 2. The summed E-state index contributed by atoms with van der Waals surface area (Å²) in [5, 5.41) is 10.7. The van der Waals surface area contributed by atoms with E-state index in [1.165, 1.54) is 28.7 Å². The van der Waals surface area contributed by atoms with Crippen molar-refractivity contribution in [3.8, 4) is 6.07 Å². The summed E-state index contributed by atoms with van der Waals surface area (Å²) >= 11 is 0. The van der Waals surface area contributed by atoms with Crippen LogP contribution in [0.3, 0.4) is 0 Å². The molecular weight excluding hydrogens is 474 g/mol. The van der Waals surface area contributed by atoms with Gasteiger partial charge in [-0.3, -0.25) is 4.79 Å².